The largest absolute Gasteiger partial charge is 0.389 e. The number of hydrogen-bond acceptors (Lipinski definition) is 3. The van der Waals surface area contributed by atoms with E-state index in [0.29, 0.717) is 25.1 Å². The summed E-state index contributed by atoms with van der Waals surface area (Å²) in [7, 11) is 1.60. The highest BCUT2D eigenvalue weighted by Crippen LogP contribution is 2.31. The van der Waals surface area contributed by atoms with Crippen molar-refractivity contribution in [2.45, 2.75) is 31.4 Å². The number of methoxy groups -OCH3 is 1. The van der Waals surface area contributed by atoms with E-state index >= 15 is 0 Å². The predicted molar refractivity (Wildman–Crippen MR) is 72.7 cm³/mol. The minimum Gasteiger partial charge on any atom is -0.389 e. The molecule has 0 amide bonds. The molecule has 1 aliphatic rings. The fourth-order valence-electron chi connectivity index (χ4n) is 2.85. The summed E-state index contributed by atoms with van der Waals surface area (Å²) in [6.45, 7) is 4.08. The molecule has 0 aromatic heterocycles. The number of likely N-dealkylation sites (tertiary alicyclic amines) is 1. The quantitative estimate of drug-likeness (QED) is 0.886. The Morgan fingerprint density at radius 3 is 2.74 bits per heavy atom. The Morgan fingerprint density at radius 2 is 2.11 bits per heavy atom. The third-order valence-electron chi connectivity index (χ3n) is 3.85. The Balaban J connectivity index is 1.95. The van der Waals surface area contributed by atoms with E-state index in [-0.39, 0.29) is 5.82 Å². The highest BCUT2D eigenvalue weighted by Gasteiger charge is 2.30. The number of β-amino-alcohol motifs (C(OH)–C–C–N with tert-alkyl or cyclic N) is 1. The monoisotopic (exact) mass is 267 g/mol. The highest BCUT2D eigenvalue weighted by atomic mass is 19.1. The second kappa shape index (κ2) is 6.46. The first-order chi connectivity index (χ1) is 9.10. The summed E-state index contributed by atoms with van der Waals surface area (Å²) in [5.74, 6) is 0.229. The van der Waals surface area contributed by atoms with Crippen LogP contribution in [0.25, 0.3) is 0 Å². The van der Waals surface area contributed by atoms with E-state index in [2.05, 4.69) is 11.8 Å². The fraction of sp³-hybridized carbons (Fsp3) is 0.600. The smallest absolute Gasteiger partial charge is 0.123 e. The normalized spacial score (nSPS) is 25.7. The Labute approximate surface area is 114 Å². The lowest BCUT2D eigenvalue weighted by Crippen LogP contribution is -2.36. The number of nitrogens with zero attached hydrogens (tertiary/aromatic N) is 1. The second-order valence-electron chi connectivity index (χ2n) is 5.40. The van der Waals surface area contributed by atoms with Crippen LogP contribution in [0, 0.1) is 5.82 Å². The zero-order valence-corrected chi connectivity index (χ0v) is 11.6. The first-order valence-corrected chi connectivity index (χ1v) is 6.76. The van der Waals surface area contributed by atoms with Crippen molar-refractivity contribution in [2.24, 2.45) is 0 Å². The van der Waals surface area contributed by atoms with Crippen LogP contribution in [-0.4, -0.2) is 49.0 Å². The van der Waals surface area contributed by atoms with Gasteiger partial charge in [-0.05, 0) is 37.0 Å². The molecule has 4 heteroatoms. The lowest BCUT2D eigenvalue weighted by molar-refractivity contribution is 0.0360. The SMILES string of the molecule is COC[C@@H](O)CN1C[C@@H](c2ccc(F)cc2)C[C@H]1C. The average molecular weight is 267 g/mol. The minimum absolute atomic E-state index is 0.192. The van der Waals surface area contributed by atoms with Gasteiger partial charge in [-0.3, -0.25) is 4.90 Å². The van der Waals surface area contributed by atoms with E-state index in [4.69, 9.17) is 4.74 Å². The molecule has 1 saturated heterocycles. The maximum atomic E-state index is 12.9. The molecule has 106 valence electrons. The standard InChI is InChI=1S/C15H22FNO2/c1-11-7-13(12-3-5-14(16)6-4-12)8-17(11)9-15(18)10-19-2/h3-6,11,13,15,18H,7-10H2,1-2H3/t11-,13+,15+/m1/s1. The van der Waals surface area contributed by atoms with E-state index < -0.39 is 6.10 Å². The van der Waals surface area contributed by atoms with Gasteiger partial charge in [-0.25, -0.2) is 4.39 Å². The number of benzene rings is 1. The average Bonchev–Trinajstić information content (AvgIpc) is 2.72. The van der Waals surface area contributed by atoms with Crippen molar-refractivity contribution in [3.63, 3.8) is 0 Å². The number of aliphatic hydroxyl groups is 1. The third-order valence-corrected chi connectivity index (χ3v) is 3.85. The van der Waals surface area contributed by atoms with Crippen molar-refractivity contribution in [3.05, 3.63) is 35.6 Å². The number of hydrogen-bond donors (Lipinski definition) is 1. The molecule has 1 heterocycles. The minimum atomic E-state index is -0.445. The van der Waals surface area contributed by atoms with Crippen LogP contribution in [0.5, 0.6) is 0 Å². The summed E-state index contributed by atoms with van der Waals surface area (Å²) in [5.41, 5.74) is 1.18. The van der Waals surface area contributed by atoms with Crippen molar-refractivity contribution in [1.82, 2.24) is 4.90 Å². The van der Waals surface area contributed by atoms with Gasteiger partial charge in [-0.2, -0.15) is 0 Å². The van der Waals surface area contributed by atoms with E-state index in [1.54, 1.807) is 7.11 Å². The molecular weight excluding hydrogens is 245 g/mol. The summed E-state index contributed by atoms with van der Waals surface area (Å²) < 4.78 is 17.9. The maximum Gasteiger partial charge on any atom is 0.123 e. The van der Waals surface area contributed by atoms with Crippen molar-refractivity contribution in [3.8, 4) is 0 Å². The predicted octanol–water partition coefficient (Wildman–Crippen LogP) is 2.01. The fourth-order valence-corrected chi connectivity index (χ4v) is 2.85. The van der Waals surface area contributed by atoms with Crippen LogP contribution in [0.3, 0.4) is 0 Å². The Bertz CT molecular complexity index is 396. The summed E-state index contributed by atoms with van der Waals surface area (Å²) in [6, 6.07) is 7.19. The molecule has 0 radical (unpaired) electrons. The Hall–Kier alpha value is -0.970. The lowest BCUT2D eigenvalue weighted by Gasteiger charge is -2.23. The first kappa shape index (κ1) is 14.4. The lowest BCUT2D eigenvalue weighted by atomic mass is 9.97. The number of halogens is 1. The highest BCUT2D eigenvalue weighted by molar-refractivity contribution is 5.22. The van der Waals surface area contributed by atoms with Crippen molar-refractivity contribution < 1.29 is 14.2 Å². The van der Waals surface area contributed by atoms with Crippen molar-refractivity contribution >= 4 is 0 Å². The Morgan fingerprint density at radius 1 is 1.42 bits per heavy atom. The maximum absolute atomic E-state index is 12.9. The summed E-state index contributed by atoms with van der Waals surface area (Å²) in [6.07, 6.45) is 0.602. The van der Waals surface area contributed by atoms with Gasteiger partial charge in [0, 0.05) is 26.2 Å². The molecule has 0 bridgehead atoms. The van der Waals surface area contributed by atoms with Gasteiger partial charge in [0.05, 0.1) is 12.7 Å². The molecular formula is C15H22FNO2. The molecule has 0 spiro atoms. The molecule has 19 heavy (non-hydrogen) atoms. The number of rotatable bonds is 5. The van der Waals surface area contributed by atoms with Gasteiger partial charge in [0.2, 0.25) is 0 Å². The van der Waals surface area contributed by atoms with Gasteiger partial charge in [0.25, 0.3) is 0 Å². The molecule has 3 atom stereocenters. The van der Waals surface area contributed by atoms with Crippen LogP contribution in [0.1, 0.15) is 24.8 Å². The van der Waals surface area contributed by atoms with Crippen LogP contribution in [0.15, 0.2) is 24.3 Å². The number of aliphatic hydroxyl groups excluding tert-OH is 1. The topological polar surface area (TPSA) is 32.7 Å². The Kier molecular flexibility index (Phi) is 4.91. The van der Waals surface area contributed by atoms with E-state index in [9.17, 15) is 9.50 Å². The molecule has 0 unspecified atom stereocenters. The molecule has 1 fully saturated rings. The number of ether oxygens (including phenoxy) is 1. The third kappa shape index (κ3) is 3.75. The summed E-state index contributed by atoms with van der Waals surface area (Å²) >= 11 is 0. The van der Waals surface area contributed by atoms with E-state index in [1.807, 2.05) is 12.1 Å². The van der Waals surface area contributed by atoms with Crippen LogP contribution in [0.2, 0.25) is 0 Å². The van der Waals surface area contributed by atoms with Crippen LogP contribution in [0.4, 0.5) is 4.39 Å². The van der Waals surface area contributed by atoms with E-state index in [0.717, 1.165) is 13.0 Å². The van der Waals surface area contributed by atoms with Gasteiger partial charge >= 0.3 is 0 Å². The molecule has 1 aromatic carbocycles. The molecule has 1 N–H and O–H groups in total. The molecule has 2 rings (SSSR count). The summed E-state index contributed by atoms with van der Waals surface area (Å²) in [5, 5.41) is 9.80. The van der Waals surface area contributed by atoms with Gasteiger partial charge in [-0.15, -0.1) is 0 Å². The van der Waals surface area contributed by atoms with Crippen molar-refractivity contribution in [1.29, 1.82) is 0 Å². The van der Waals surface area contributed by atoms with Gasteiger partial charge in [-0.1, -0.05) is 12.1 Å². The van der Waals surface area contributed by atoms with Crippen LogP contribution >= 0.6 is 0 Å². The van der Waals surface area contributed by atoms with Crippen molar-refractivity contribution in [2.75, 3.05) is 26.8 Å². The van der Waals surface area contributed by atoms with Crippen LogP contribution in [-0.2, 0) is 4.74 Å². The zero-order valence-electron chi connectivity index (χ0n) is 11.6. The molecule has 1 aliphatic heterocycles. The molecule has 0 aliphatic carbocycles. The van der Waals surface area contributed by atoms with Gasteiger partial charge in [0.15, 0.2) is 0 Å². The zero-order chi connectivity index (χ0) is 13.8. The first-order valence-electron chi connectivity index (χ1n) is 6.76. The second-order valence-corrected chi connectivity index (χ2v) is 5.40. The summed E-state index contributed by atoms with van der Waals surface area (Å²) in [4.78, 5) is 2.28. The molecule has 3 nitrogen and oxygen atoms in total. The van der Waals surface area contributed by atoms with Gasteiger partial charge < -0.3 is 9.84 Å². The van der Waals surface area contributed by atoms with Crippen LogP contribution < -0.4 is 0 Å². The molecule has 1 aromatic rings. The van der Waals surface area contributed by atoms with Gasteiger partial charge in [0.1, 0.15) is 5.82 Å². The molecule has 0 saturated carbocycles. The van der Waals surface area contributed by atoms with E-state index in [1.165, 1.54) is 17.7 Å².